The van der Waals surface area contributed by atoms with Crippen LogP contribution in [-0.4, -0.2) is 39.5 Å². The van der Waals surface area contributed by atoms with Crippen molar-refractivity contribution in [3.8, 4) is 0 Å². The summed E-state index contributed by atoms with van der Waals surface area (Å²) in [4.78, 5) is 25.8. The zero-order valence-corrected chi connectivity index (χ0v) is 13.7. The van der Waals surface area contributed by atoms with E-state index >= 15 is 0 Å². The molecule has 0 unspecified atom stereocenters. The molecule has 0 aliphatic carbocycles. The summed E-state index contributed by atoms with van der Waals surface area (Å²) >= 11 is 1.40. The highest BCUT2D eigenvalue weighted by Gasteiger charge is 2.35. The van der Waals surface area contributed by atoms with E-state index in [1.807, 2.05) is 13.8 Å². The number of anilines is 1. The molecule has 1 saturated heterocycles. The third-order valence-electron chi connectivity index (χ3n) is 3.43. The molecule has 6 nitrogen and oxygen atoms in total. The lowest BCUT2D eigenvalue weighted by molar-refractivity contribution is -0.129. The summed E-state index contributed by atoms with van der Waals surface area (Å²) < 4.78 is 0. The summed E-state index contributed by atoms with van der Waals surface area (Å²) in [7, 11) is 0. The second-order valence-electron chi connectivity index (χ2n) is 6.13. The van der Waals surface area contributed by atoms with Crippen LogP contribution in [0.1, 0.15) is 39.1 Å². The van der Waals surface area contributed by atoms with E-state index in [1.165, 1.54) is 11.3 Å². The molecule has 2 amide bonds. The first-order valence-corrected chi connectivity index (χ1v) is 8.11. The Kier molecular flexibility index (Phi) is 4.92. The van der Waals surface area contributed by atoms with Gasteiger partial charge < -0.3 is 10.2 Å². The van der Waals surface area contributed by atoms with E-state index < -0.39 is 0 Å². The van der Waals surface area contributed by atoms with Crippen LogP contribution in [0.3, 0.4) is 0 Å². The molecule has 1 aromatic rings. The lowest BCUT2D eigenvalue weighted by Crippen LogP contribution is -2.33. The molecular weight excluding hydrogens is 288 g/mol. The van der Waals surface area contributed by atoms with Gasteiger partial charge in [0.05, 0.1) is 5.92 Å². The van der Waals surface area contributed by atoms with E-state index in [2.05, 4.69) is 29.4 Å². The monoisotopic (exact) mass is 310 g/mol. The number of aromatic nitrogens is 2. The molecule has 1 N–H and O–H groups in total. The van der Waals surface area contributed by atoms with Crippen molar-refractivity contribution in [2.45, 2.75) is 46.6 Å². The van der Waals surface area contributed by atoms with Gasteiger partial charge in [0.2, 0.25) is 16.9 Å². The number of hydrogen-bond donors (Lipinski definition) is 1. The Hall–Kier alpha value is -1.50. The van der Waals surface area contributed by atoms with Crippen LogP contribution in [0.2, 0.25) is 0 Å². The van der Waals surface area contributed by atoms with Crippen molar-refractivity contribution in [1.82, 2.24) is 15.1 Å². The second kappa shape index (κ2) is 6.51. The molecule has 0 spiro atoms. The maximum atomic E-state index is 12.2. The van der Waals surface area contributed by atoms with Crippen LogP contribution in [0.4, 0.5) is 5.13 Å². The van der Waals surface area contributed by atoms with Gasteiger partial charge in [-0.25, -0.2) is 0 Å². The lowest BCUT2D eigenvalue weighted by Gasteiger charge is -2.20. The molecule has 2 rings (SSSR count). The molecule has 7 heteroatoms. The predicted octanol–water partition coefficient (Wildman–Crippen LogP) is 1.93. The van der Waals surface area contributed by atoms with Crippen LogP contribution in [0.15, 0.2) is 0 Å². The van der Waals surface area contributed by atoms with Gasteiger partial charge in [0.1, 0.15) is 5.01 Å². The smallest absolute Gasteiger partial charge is 0.231 e. The average Bonchev–Trinajstić information content (AvgIpc) is 2.95. The highest BCUT2D eigenvalue weighted by Crippen LogP contribution is 2.23. The fourth-order valence-corrected chi connectivity index (χ4v) is 3.30. The lowest BCUT2D eigenvalue weighted by atomic mass is 10.1. The fourth-order valence-electron chi connectivity index (χ4n) is 2.35. The summed E-state index contributed by atoms with van der Waals surface area (Å²) in [6, 6.07) is 0.134. The van der Waals surface area contributed by atoms with Crippen molar-refractivity contribution in [2.75, 3.05) is 11.9 Å². The summed E-state index contributed by atoms with van der Waals surface area (Å²) in [5.74, 6) is 0.118. The summed E-state index contributed by atoms with van der Waals surface area (Å²) in [6.07, 6.45) is 1.14. The SMILES string of the molecule is CC(C)Cc1nnc(NC(=O)[C@H]2CC(=O)N(C(C)C)C2)s1. The maximum absolute atomic E-state index is 12.2. The van der Waals surface area contributed by atoms with E-state index in [0.717, 1.165) is 11.4 Å². The standard InChI is InChI=1S/C14H22N4O2S/c1-8(2)5-11-16-17-14(21-11)15-13(20)10-6-12(19)18(7-10)9(3)4/h8-10H,5-7H2,1-4H3,(H,15,17,20)/t10-/m0/s1. The van der Waals surface area contributed by atoms with Crippen LogP contribution < -0.4 is 5.32 Å². The number of nitrogens with zero attached hydrogens (tertiary/aromatic N) is 3. The normalized spacial score (nSPS) is 18.9. The Balaban J connectivity index is 1.93. The summed E-state index contributed by atoms with van der Waals surface area (Å²) in [5, 5.41) is 12.3. The van der Waals surface area contributed by atoms with E-state index in [1.54, 1.807) is 4.90 Å². The number of carbonyl (C=O) groups excluding carboxylic acids is 2. The molecule has 21 heavy (non-hydrogen) atoms. The topological polar surface area (TPSA) is 75.2 Å². The number of amides is 2. The minimum Gasteiger partial charge on any atom is -0.339 e. The molecule has 1 atom stereocenters. The van der Waals surface area contributed by atoms with Crippen molar-refractivity contribution >= 4 is 28.3 Å². The zero-order chi connectivity index (χ0) is 15.6. The summed E-state index contributed by atoms with van der Waals surface area (Å²) in [6.45, 7) is 8.64. The number of rotatable bonds is 5. The second-order valence-corrected chi connectivity index (χ2v) is 7.19. The van der Waals surface area contributed by atoms with Crippen LogP contribution in [0, 0.1) is 11.8 Å². The highest BCUT2D eigenvalue weighted by molar-refractivity contribution is 7.15. The Bertz CT molecular complexity index is 527. The van der Waals surface area contributed by atoms with Crippen LogP contribution in [-0.2, 0) is 16.0 Å². The van der Waals surface area contributed by atoms with E-state index in [4.69, 9.17) is 0 Å². The van der Waals surface area contributed by atoms with Crippen LogP contribution in [0.25, 0.3) is 0 Å². The van der Waals surface area contributed by atoms with Crippen LogP contribution in [0.5, 0.6) is 0 Å². The van der Waals surface area contributed by atoms with Gasteiger partial charge in [-0.3, -0.25) is 9.59 Å². The van der Waals surface area contributed by atoms with Crippen molar-refractivity contribution < 1.29 is 9.59 Å². The molecule has 0 aromatic carbocycles. The van der Waals surface area contributed by atoms with E-state index in [-0.39, 0.29) is 30.2 Å². The number of hydrogen-bond acceptors (Lipinski definition) is 5. The first kappa shape index (κ1) is 15.9. The number of likely N-dealkylation sites (tertiary alicyclic amines) is 1. The van der Waals surface area contributed by atoms with Crippen molar-refractivity contribution in [2.24, 2.45) is 11.8 Å². The molecule has 116 valence electrons. The van der Waals surface area contributed by atoms with Gasteiger partial charge in [-0.15, -0.1) is 10.2 Å². The van der Waals surface area contributed by atoms with Gasteiger partial charge in [0, 0.05) is 25.4 Å². The molecular formula is C14H22N4O2S. The Morgan fingerprint density at radius 1 is 1.38 bits per heavy atom. The third kappa shape index (κ3) is 4.00. The minimum atomic E-state index is -0.294. The maximum Gasteiger partial charge on any atom is 0.231 e. The van der Waals surface area contributed by atoms with E-state index in [0.29, 0.717) is 17.6 Å². The first-order chi connectivity index (χ1) is 9.86. The third-order valence-corrected chi connectivity index (χ3v) is 4.29. The van der Waals surface area contributed by atoms with Gasteiger partial charge >= 0.3 is 0 Å². The summed E-state index contributed by atoms with van der Waals surface area (Å²) in [5.41, 5.74) is 0. The molecule has 0 bridgehead atoms. The highest BCUT2D eigenvalue weighted by atomic mass is 32.1. The van der Waals surface area contributed by atoms with Crippen molar-refractivity contribution in [3.63, 3.8) is 0 Å². The van der Waals surface area contributed by atoms with E-state index in [9.17, 15) is 9.59 Å². The first-order valence-electron chi connectivity index (χ1n) is 7.29. The van der Waals surface area contributed by atoms with Crippen molar-refractivity contribution in [3.05, 3.63) is 5.01 Å². The average molecular weight is 310 g/mol. The Morgan fingerprint density at radius 2 is 2.10 bits per heavy atom. The van der Waals surface area contributed by atoms with Gasteiger partial charge in [-0.1, -0.05) is 25.2 Å². The molecule has 2 heterocycles. The quantitative estimate of drug-likeness (QED) is 0.901. The van der Waals surface area contributed by atoms with Gasteiger partial charge in [-0.2, -0.15) is 0 Å². The predicted molar refractivity (Wildman–Crippen MR) is 82.0 cm³/mol. The zero-order valence-electron chi connectivity index (χ0n) is 12.9. The molecule has 1 aliphatic heterocycles. The van der Waals surface area contributed by atoms with Crippen molar-refractivity contribution in [1.29, 1.82) is 0 Å². The molecule has 1 aliphatic rings. The Morgan fingerprint density at radius 3 is 2.67 bits per heavy atom. The minimum absolute atomic E-state index is 0.0444. The Labute approximate surface area is 128 Å². The fraction of sp³-hybridized carbons (Fsp3) is 0.714. The van der Waals surface area contributed by atoms with Gasteiger partial charge in [0.25, 0.3) is 0 Å². The largest absolute Gasteiger partial charge is 0.339 e. The van der Waals surface area contributed by atoms with Gasteiger partial charge in [0.15, 0.2) is 0 Å². The molecule has 1 aromatic heterocycles. The molecule has 1 fully saturated rings. The van der Waals surface area contributed by atoms with Crippen LogP contribution >= 0.6 is 11.3 Å². The van der Waals surface area contributed by atoms with Gasteiger partial charge in [-0.05, 0) is 19.8 Å². The number of carbonyl (C=O) groups is 2. The number of nitrogens with one attached hydrogen (secondary N) is 1. The molecule has 0 radical (unpaired) electrons. The molecule has 0 saturated carbocycles.